The van der Waals surface area contributed by atoms with Crippen LogP contribution in [-0.4, -0.2) is 20.6 Å². The van der Waals surface area contributed by atoms with Gasteiger partial charge >= 0.3 is 0 Å². The van der Waals surface area contributed by atoms with Gasteiger partial charge in [0, 0.05) is 30.8 Å². The van der Waals surface area contributed by atoms with Gasteiger partial charge in [0.2, 0.25) is 17.6 Å². The predicted molar refractivity (Wildman–Crippen MR) is 107 cm³/mol. The van der Waals surface area contributed by atoms with Gasteiger partial charge in [0.05, 0.1) is 5.56 Å². The Morgan fingerprint density at radius 3 is 2.61 bits per heavy atom. The highest BCUT2D eigenvalue weighted by atomic mass is 16.5. The van der Waals surface area contributed by atoms with E-state index >= 15 is 0 Å². The van der Waals surface area contributed by atoms with Gasteiger partial charge in [-0.3, -0.25) is 9.59 Å². The van der Waals surface area contributed by atoms with Crippen molar-refractivity contribution in [2.45, 2.75) is 46.6 Å². The topological polar surface area (TPSA) is 90.0 Å². The first-order valence-corrected chi connectivity index (χ1v) is 9.38. The maximum atomic E-state index is 12.7. The minimum atomic E-state index is -0.135. The van der Waals surface area contributed by atoms with Gasteiger partial charge in [0.1, 0.15) is 0 Å². The number of rotatable bonds is 7. The Hall–Kier alpha value is -3.22. The van der Waals surface area contributed by atoms with E-state index in [-0.39, 0.29) is 23.7 Å². The van der Waals surface area contributed by atoms with Crippen LogP contribution in [0, 0.1) is 13.8 Å². The van der Waals surface area contributed by atoms with Gasteiger partial charge in [-0.25, -0.2) is 0 Å². The number of carbonyl (C=O) groups is 1. The lowest BCUT2D eigenvalue weighted by atomic mass is 10.2. The van der Waals surface area contributed by atoms with Crippen molar-refractivity contribution in [2.75, 3.05) is 5.32 Å². The van der Waals surface area contributed by atoms with Crippen molar-refractivity contribution in [3.63, 3.8) is 0 Å². The summed E-state index contributed by atoms with van der Waals surface area (Å²) in [4.78, 5) is 29.1. The third-order valence-corrected chi connectivity index (χ3v) is 4.45. The van der Waals surface area contributed by atoms with Crippen LogP contribution in [0.5, 0.6) is 0 Å². The second kappa shape index (κ2) is 8.65. The van der Waals surface area contributed by atoms with E-state index in [1.165, 1.54) is 0 Å². The number of nitrogens with one attached hydrogen (secondary N) is 1. The zero-order valence-corrected chi connectivity index (χ0v) is 16.4. The fourth-order valence-corrected chi connectivity index (χ4v) is 2.89. The van der Waals surface area contributed by atoms with Gasteiger partial charge in [-0.15, -0.1) is 0 Å². The molecule has 3 rings (SSSR count). The molecule has 0 bridgehead atoms. The molecule has 7 nitrogen and oxygen atoms in total. The van der Waals surface area contributed by atoms with Gasteiger partial charge in [-0.1, -0.05) is 29.8 Å². The van der Waals surface area contributed by atoms with E-state index in [0.717, 1.165) is 23.4 Å². The number of anilines is 1. The number of benzene rings is 1. The van der Waals surface area contributed by atoms with Crippen LogP contribution in [0.4, 0.5) is 5.69 Å². The normalized spacial score (nSPS) is 10.8. The van der Waals surface area contributed by atoms with E-state index < -0.39 is 0 Å². The van der Waals surface area contributed by atoms with E-state index in [9.17, 15) is 9.59 Å². The summed E-state index contributed by atoms with van der Waals surface area (Å²) in [5.74, 6) is 0.448. The highest BCUT2D eigenvalue weighted by Crippen LogP contribution is 2.14. The lowest BCUT2D eigenvalue weighted by molar-refractivity contribution is -0.116. The molecule has 0 fully saturated rings. The molecule has 3 aromatic rings. The highest BCUT2D eigenvalue weighted by Gasteiger charge is 2.15. The number of carbonyl (C=O) groups excluding carboxylic acids is 1. The molecule has 0 unspecified atom stereocenters. The lowest BCUT2D eigenvalue weighted by Gasteiger charge is -2.09. The zero-order valence-electron chi connectivity index (χ0n) is 16.4. The standard InChI is InChI=1S/C21H24N4O3/c1-4-13-25-15(3)7-10-17(21(25)27)20-23-19(28-24-20)12-11-18(26)22-16-8-5-14(2)6-9-16/h5-10H,4,11-13H2,1-3H3,(H,22,26). The summed E-state index contributed by atoms with van der Waals surface area (Å²) in [6, 6.07) is 11.2. The molecular formula is C21H24N4O3. The van der Waals surface area contributed by atoms with E-state index in [1.807, 2.05) is 51.1 Å². The van der Waals surface area contributed by atoms with Crippen LogP contribution in [0.25, 0.3) is 11.4 Å². The van der Waals surface area contributed by atoms with Crippen LogP contribution >= 0.6 is 0 Å². The molecule has 7 heteroatoms. The highest BCUT2D eigenvalue weighted by molar-refractivity contribution is 5.90. The minimum absolute atomic E-state index is 0.133. The SMILES string of the molecule is CCCn1c(C)ccc(-c2noc(CCC(=O)Nc3ccc(C)cc3)n2)c1=O. The van der Waals surface area contributed by atoms with Crippen LogP contribution in [0.3, 0.4) is 0 Å². The molecule has 0 aliphatic carbocycles. The molecule has 0 radical (unpaired) electrons. The first kappa shape index (κ1) is 19.5. The third kappa shape index (κ3) is 4.54. The van der Waals surface area contributed by atoms with Crippen LogP contribution in [0.2, 0.25) is 0 Å². The first-order valence-electron chi connectivity index (χ1n) is 9.38. The Kier molecular flexibility index (Phi) is 6.03. The number of hydrogen-bond acceptors (Lipinski definition) is 5. The van der Waals surface area contributed by atoms with E-state index in [4.69, 9.17) is 4.52 Å². The van der Waals surface area contributed by atoms with E-state index in [1.54, 1.807) is 10.6 Å². The maximum absolute atomic E-state index is 12.7. The quantitative estimate of drug-likeness (QED) is 0.677. The van der Waals surface area contributed by atoms with Crippen molar-refractivity contribution < 1.29 is 9.32 Å². The summed E-state index contributed by atoms with van der Waals surface area (Å²) in [5, 5.41) is 6.75. The Labute approximate surface area is 163 Å². The second-order valence-electron chi connectivity index (χ2n) is 6.77. The van der Waals surface area contributed by atoms with Crippen molar-refractivity contribution in [1.29, 1.82) is 0 Å². The maximum Gasteiger partial charge on any atom is 0.261 e. The lowest BCUT2D eigenvalue weighted by Crippen LogP contribution is -2.23. The molecule has 0 saturated heterocycles. The number of aromatic nitrogens is 3. The third-order valence-electron chi connectivity index (χ3n) is 4.45. The smallest absolute Gasteiger partial charge is 0.261 e. The summed E-state index contributed by atoms with van der Waals surface area (Å²) in [5.41, 5.74) is 3.04. The Morgan fingerprint density at radius 2 is 1.89 bits per heavy atom. The number of hydrogen-bond donors (Lipinski definition) is 1. The average Bonchev–Trinajstić information content (AvgIpc) is 3.14. The van der Waals surface area contributed by atoms with Crippen molar-refractivity contribution in [1.82, 2.24) is 14.7 Å². The number of aryl methyl sites for hydroxylation is 3. The Bertz CT molecular complexity index is 1020. The van der Waals surface area contributed by atoms with Crippen molar-refractivity contribution in [2.24, 2.45) is 0 Å². The molecular weight excluding hydrogens is 356 g/mol. The molecule has 0 aliphatic rings. The summed E-state index contributed by atoms with van der Waals surface area (Å²) in [6.07, 6.45) is 1.38. The summed E-state index contributed by atoms with van der Waals surface area (Å²) >= 11 is 0. The van der Waals surface area contributed by atoms with E-state index in [0.29, 0.717) is 24.4 Å². The molecule has 0 spiro atoms. The average molecular weight is 380 g/mol. The summed E-state index contributed by atoms with van der Waals surface area (Å²) in [6.45, 7) is 6.55. The van der Waals surface area contributed by atoms with Crippen LogP contribution in [0.1, 0.15) is 36.9 Å². The number of pyridine rings is 1. The van der Waals surface area contributed by atoms with Crippen LogP contribution in [0.15, 0.2) is 45.7 Å². The molecule has 0 saturated carbocycles. The zero-order chi connectivity index (χ0) is 20.1. The van der Waals surface area contributed by atoms with Crippen molar-refractivity contribution >= 4 is 11.6 Å². The molecule has 1 amide bonds. The fraction of sp³-hybridized carbons (Fsp3) is 0.333. The van der Waals surface area contributed by atoms with Crippen molar-refractivity contribution in [3.8, 4) is 11.4 Å². The molecule has 0 aliphatic heterocycles. The molecule has 2 aromatic heterocycles. The molecule has 28 heavy (non-hydrogen) atoms. The van der Waals surface area contributed by atoms with E-state index in [2.05, 4.69) is 15.5 Å². The summed E-state index contributed by atoms with van der Waals surface area (Å²) < 4.78 is 6.94. The van der Waals surface area contributed by atoms with Gasteiger partial charge in [0.15, 0.2) is 0 Å². The summed E-state index contributed by atoms with van der Waals surface area (Å²) in [7, 11) is 0. The monoisotopic (exact) mass is 380 g/mol. The fourth-order valence-electron chi connectivity index (χ4n) is 2.89. The first-order chi connectivity index (χ1) is 13.5. The van der Waals surface area contributed by atoms with Gasteiger partial charge in [0.25, 0.3) is 5.56 Å². The molecule has 1 N–H and O–H groups in total. The van der Waals surface area contributed by atoms with Gasteiger partial charge in [-0.05, 0) is 44.5 Å². The van der Waals surface area contributed by atoms with Gasteiger partial charge < -0.3 is 14.4 Å². The molecule has 146 valence electrons. The van der Waals surface area contributed by atoms with Crippen LogP contribution < -0.4 is 10.9 Å². The molecule has 1 aromatic carbocycles. The Balaban J connectivity index is 1.66. The molecule has 0 atom stereocenters. The predicted octanol–water partition coefficient (Wildman–Crippen LogP) is 3.50. The second-order valence-corrected chi connectivity index (χ2v) is 6.77. The largest absolute Gasteiger partial charge is 0.339 e. The number of amides is 1. The van der Waals surface area contributed by atoms with Gasteiger partial charge in [-0.2, -0.15) is 4.98 Å². The van der Waals surface area contributed by atoms with Crippen LogP contribution in [-0.2, 0) is 17.8 Å². The Morgan fingerprint density at radius 1 is 1.14 bits per heavy atom. The minimum Gasteiger partial charge on any atom is -0.339 e. The van der Waals surface area contributed by atoms with Crippen molar-refractivity contribution in [3.05, 3.63) is 63.9 Å². The molecule has 2 heterocycles. The number of nitrogens with zero attached hydrogens (tertiary/aromatic N) is 3.